The summed E-state index contributed by atoms with van der Waals surface area (Å²) in [7, 11) is 0. The lowest BCUT2D eigenvalue weighted by atomic mass is 9.75. The second-order valence-electron chi connectivity index (χ2n) is 5.50. The molecular formula is C13H19N5O2. The van der Waals surface area contributed by atoms with Crippen LogP contribution in [0, 0.1) is 0 Å². The largest absolute Gasteiger partial charge is 0.336 e. The minimum atomic E-state index is -0.518. The van der Waals surface area contributed by atoms with Crippen LogP contribution >= 0.6 is 0 Å². The van der Waals surface area contributed by atoms with E-state index in [0.29, 0.717) is 11.2 Å². The van der Waals surface area contributed by atoms with E-state index in [1.165, 1.54) is 0 Å². The van der Waals surface area contributed by atoms with E-state index < -0.39 is 11.2 Å². The van der Waals surface area contributed by atoms with Crippen molar-refractivity contribution in [3.8, 4) is 0 Å². The van der Waals surface area contributed by atoms with E-state index in [0.717, 1.165) is 44.6 Å². The summed E-state index contributed by atoms with van der Waals surface area (Å²) < 4.78 is 0. The molecule has 0 spiro atoms. The molecule has 0 aliphatic carbocycles. The standard InChI is InChI=1S/C13H19N5O2/c1-2-3-13(4-6-14-7-5-13)11-15-8-9(16-11)17-12(20)18-10(8)19/h14H,2-7H2,1H3,(H3,15,16,17,18,19,20). The van der Waals surface area contributed by atoms with Gasteiger partial charge in [-0.1, -0.05) is 13.3 Å². The molecule has 0 bridgehead atoms. The Labute approximate surface area is 115 Å². The topological polar surface area (TPSA) is 106 Å². The van der Waals surface area contributed by atoms with Gasteiger partial charge in [-0.2, -0.15) is 0 Å². The molecule has 3 rings (SSSR count). The van der Waals surface area contributed by atoms with Gasteiger partial charge >= 0.3 is 5.69 Å². The number of piperidine rings is 1. The third kappa shape index (κ3) is 2.07. The maximum atomic E-state index is 11.8. The van der Waals surface area contributed by atoms with Crippen molar-refractivity contribution in [2.75, 3.05) is 13.1 Å². The molecule has 0 amide bonds. The van der Waals surface area contributed by atoms with Gasteiger partial charge in [-0.25, -0.2) is 9.78 Å². The summed E-state index contributed by atoms with van der Waals surface area (Å²) in [4.78, 5) is 35.5. The molecule has 20 heavy (non-hydrogen) atoms. The number of aromatic amines is 3. The fourth-order valence-electron chi connectivity index (χ4n) is 3.17. The van der Waals surface area contributed by atoms with Crippen LogP contribution in [-0.4, -0.2) is 33.0 Å². The Morgan fingerprint density at radius 3 is 2.60 bits per heavy atom. The van der Waals surface area contributed by atoms with E-state index in [9.17, 15) is 9.59 Å². The van der Waals surface area contributed by atoms with E-state index >= 15 is 0 Å². The van der Waals surface area contributed by atoms with E-state index in [1.54, 1.807) is 0 Å². The van der Waals surface area contributed by atoms with Gasteiger partial charge in [0.05, 0.1) is 0 Å². The molecule has 1 aliphatic heterocycles. The molecule has 2 aromatic rings. The third-order valence-corrected chi connectivity index (χ3v) is 4.18. The molecule has 1 saturated heterocycles. The van der Waals surface area contributed by atoms with Gasteiger partial charge in [-0.15, -0.1) is 0 Å². The van der Waals surface area contributed by atoms with Crippen molar-refractivity contribution < 1.29 is 0 Å². The average Bonchev–Trinajstić information content (AvgIpc) is 2.85. The van der Waals surface area contributed by atoms with Crippen molar-refractivity contribution in [2.24, 2.45) is 0 Å². The van der Waals surface area contributed by atoms with Crippen molar-refractivity contribution >= 4 is 11.2 Å². The molecule has 2 aromatic heterocycles. The molecule has 7 heteroatoms. The van der Waals surface area contributed by atoms with Crippen molar-refractivity contribution in [2.45, 2.75) is 38.0 Å². The van der Waals surface area contributed by atoms with Crippen LogP contribution in [0.15, 0.2) is 9.59 Å². The first kappa shape index (κ1) is 13.1. The summed E-state index contributed by atoms with van der Waals surface area (Å²) in [6, 6.07) is 0. The van der Waals surface area contributed by atoms with Gasteiger partial charge < -0.3 is 10.3 Å². The van der Waals surface area contributed by atoms with Gasteiger partial charge in [0.25, 0.3) is 5.56 Å². The van der Waals surface area contributed by atoms with Crippen LogP contribution in [0.4, 0.5) is 0 Å². The second-order valence-corrected chi connectivity index (χ2v) is 5.50. The van der Waals surface area contributed by atoms with Crippen LogP contribution < -0.4 is 16.6 Å². The number of hydrogen-bond acceptors (Lipinski definition) is 4. The van der Waals surface area contributed by atoms with E-state index in [-0.39, 0.29) is 5.41 Å². The zero-order chi connectivity index (χ0) is 14.2. The highest BCUT2D eigenvalue weighted by Crippen LogP contribution is 2.36. The van der Waals surface area contributed by atoms with Gasteiger partial charge in [0.2, 0.25) is 0 Å². The molecule has 7 nitrogen and oxygen atoms in total. The predicted molar refractivity (Wildman–Crippen MR) is 76.0 cm³/mol. The Morgan fingerprint density at radius 1 is 1.15 bits per heavy atom. The summed E-state index contributed by atoms with van der Waals surface area (Å²) >= 11 is 0. The van der Waals surface area contributed by atoms with Gasteiger partial charge in [0.15, 0.2) is 5.65 Å². The van der Waals surface area contributed by atoms with Crippen LogP contribution in [0.3, 0.4) is 0 Å². The highest BCUT2D eigenvalue weighted by atomic mass is 16.2. The summed E-state index contributed by atoms with van der Waals surface area (Å²) in [6.45, 7) is 4.05. The van der Waals surface area contributed by atoms with Crippen LogP contribution in [0.2, 0.25) is 0 Å². The van der Waals surface area contributed by atoms with Crippen molar-refractivity contribution in [1.82, 2.24) is 25.3 Å². The lowest BCUT2D eigenvalue weighted by Crippen LogP contribution is -2.40. The summed E-state index contributed by atoms with van der Waals surface area (Å²) in [6.07, 6.45) is 4.06. The van der Waals surface area contributed by atoms with Crippen molar-refractivity contribution in [3.63, 3.8) is 0 Å². The van der Waals surface area contributed by atoms with Crippen LogP contribution in [0.25, 0.3) is 11.2 Å². The van der Waals surface area contributed by atoms with E-state index in [2.05, 4.69) is 32.2 Å². The number of fused-ring (bicyclic) bond motifs is 1. The Kier molecular flexibility index (Phi) is 3.21. The number of hydrogen-bond donors (Lipinski definition) is 4. The Bertz CT molecular complexity index is 715. The van der Waals surface area contributed by atoms with Gasteiger partial charge in [0, 0.05) is 5.41 Å². The highest BCUT2D eigenvalue weighted by molar-refractivity contribution is 5.68. The first-order chi connectivity index (χ1) is 9.64. The SMILES string of the molecule is CCCC1(c2nc3[nH]c(=O)[nH]c(=O)c3[nH]2)CCNCC1. The second kappa shape index (κ2) is 4.90. The first-order valence-electron chi connectivity index (χ1n) is 7.08. The zero-order valence-electron chi connectivity index (χ0n) is 11.5. The lowest BCUT2D eigenvalue weighted by molar-refractivity contribution is 0.273. The normalized spacial score (nSPS) is 18.4. The predicted octanol–water partition coefficient (Wildman–Crippen LogP) is 0.361. The molecule has 0 unspecified atom stereocenters. The number of H-pyrrole nitrogens is 3. The third-order valence-electron chi connectivity index (χ3n) is 4.18. The van der Waals surface area contributed by atoms with Crippen LogP contribution in [0.5, 0.6) is 0 Å². The Hall–Kier alpha value is -1.89. The molecule has 0 aromatic carbocycles. The number of aromatic nitrogens is 4. The fourth-order valence-corrected chi connectivity index (χ4v) is 3.17. The molecule has 0 radical (unpaired) electrons. The molecule has 0 atom stereocenters. The van der Waals surface area contributed by atoms with Crippen LogP contribution in [-0.2, 0) is 5.41 Å². The molecule has 4 N–H and O–H groups in total. The molecule has 1 fully saturated rings. The number of nitrogens with zero attached hydrogens (tertiary/aromatic N) is 1. The van der Waals surface area contributed by atoms with Gasteiger partial charge in [-0.3, -0.25) is 14.8 Å². The first-order valence-corrected chi connectivity index (χ1v) is 7.08. The molecule has 108 valence electrons. The summed E-state index contributed by atoms with van der Waals surface area (Å²) in [5.74, 6) is 0.822. The number of rotatable bonds is 3. The molecule has 0 saturated carbocycles. The van der Waals surface area contributed by atoms with E-state index in [1.807, 2.05) is 0 Å². The lowest BCUT2D eigenvalue weighted by Gasteiger charge is -2.35. The maximum Gasteiger partial charge on any atom is 0.327 e. The summed E-state index contributed by atoms with van der Waals surface area (Å²) in [5, 5.41) is 3.35. The van der Waals surface area contributed by atoms with Gasteiger partial charge in [0.1, 0.15) is 11.3 Å². The average molecular weight is 277 g/mol. The Morgan fingerprint density at radius 2 is 1.90 bits per heavy atom. The maximum absolute atomic E-state index is 11.8. The quantitative estimate of drug-likeness (QED) is 0.650. The van der Waals surface area contributed by atoms with Gasteiger partial charge in [-0.05, 0) is 32.4 Å². The van der Waals surface area contributed by atoms with Crippen molar-refractivity contribution in [3.05, 3.63) is 26.7 Å². The Balaban J connectivity index is 2.14. The minimum absolute atomic E-state index is 0.0254. The van der Waals surface area contributed by atoms with Crippen molar-refractivity contribution in [1.29, 1.82) is 0 Å². The number of imidazole rings is 1. The summed E-state index contributed by atoms with van der Waals surface area (Å²) in [5.41, 5.74) is -0.252. The fraction of sp³-hybridized carbons (Fsp3) is 0.615. The molecule has 3 heterocycles. The smallest absolute Gasteiger partial charge is 0.327 e. The van der Waals surface area contributed by atoms with Crippen LogP contribution in [0.1, 0.15) is 38.4 Å². The minimum Gasteiger partial charge on any atom is -0.336 e. The monoisotopic (exact) mass is 277 g/mol. The molecular weight excluding hydrogens is 258 g/mol. The zero-order valence-corrected chi connectivity index (χ0v) is 11.5. The number of nitrogens with one attached hydrogen (secondary N) is 4. The molecule has 1 aliphatic rings. The van der Waals surface area contributed by atoms with E-state index in [4.69, 9.17) is 0 Å². The highest BCUT2D eigenvalue weighted by Gasteiger charge is 2.36.